The van der Waals surface area contributed by atoms with Crippen LogP contribution in [0.1, 0.15) is 0 Å². The number of rotatable bonds is 2. The van der Waals surface area contributed by atoms with E-state index in [0.717, 1.165) is 0 Å². The van der Waals surface area contributed by atoms with E-state index in [4.69, 9.17) is 23.2 Å². The average molecular weight is 183 g/mol. The molecule has 56 valence electrons. The average Bonchev–Trinajstić information content (AvgIpc) is 1.84. The minimum absolute atomic E-state index is 0.547. The van der Waals surface area contributed by atoms with Gasteiger partial charge in [-0.3, -0.25) is 9.59 Å². The Hall–Kier alpha value is -0.740. The van der Waals surface area contributed by atoms with E-state index in [9.17, 15) is 9.59 Å². The zero-order valence-corrected chi connectivity index (χ0v) is 6.24. The number of hydrogen-bond acceptors (Lipinski definition) is 2. The lowest BCUT2D eigenvalue weighted by Gasteiger charge is -1.92. The van der Waals surface area contributed by atoms with E-state index in [2.05, 4.69) is 11.5 Å². The monoisotopic (exact) mass is 182 g/mol. The summed E-state index contributed by atoms with van der Waals surface area (Å²) in [6, 6.07) is 0. The number of nitrogens with two attached hydrogens (primary N) is 2. The number of amides is 2. The highest BCUT2D eigenvalue weighted by Crippen LogP contribution is 2.11. The van der Waals surface area contributed by atoms with Crippen molar-refractivity contribution in [2.75, 3.05) is 0 Å². The fraction of sp³-hybridized carbons (Fsp3) is 0. The SMILES string of the molecule is NC(=O)/C(Cl)=C(/Cl)C(N)=O. The second-order valence-corrected chi connectivity index (χ2v) is 2.11. The highest BCUT2D eigenvalue weighted by atomic mass is 35.5. The fourth-order valence-electron chi connectivity index (χ4n) is 0.216. The molecule has 0 aromatic rings. The van der Waals surface area contributed by atoms with Crippen LogP contribution in [0.2, 0.25) is 0 Å². The number of hydrogen-bond donors (Lipinski definition) is 2. The lowest BCUT2D eigenvalue weighted by atomic mass is 10.4. The standard InChI is InChI=1S/C4H4Cl2N2O2/c5-1(3(7)9)2(6)4(8)10/h(H2,7,9)(H2,8,10)/b2-1-. The Balaban J connectivity index is 4.67. The van der Waals surface area contributed by atoms with Gasteiger partial charge in [0, 0.05) is 0 Å². The Morgan fingerprint density at radius 1 is 0.900 bits per heavy atom. The zero-order valence-electron chi connectivity index (χ0n) is 4.73. The smallest absolute Gasteiger partial charge is 0.261 e. The van der Waals surface area contributed by atoms with E-state index in [1.165, 1.54) is 0 Å². The molecule has 0 aromatic heterocycles. The van der Waals surface area contributed by atoms with Crippen molar-refractivity contribution in [1.82, 2.24) is 0 Å². The molecule has 0 radical (unpaired) electrons. The molecule has 6 heteroatoms. The number of primary amides is 2. The van der Waals surface area contributed by atoms with Crippen molar-refractivity contribution in [3.8, 4) is 0 Å². The highest BCUT2D eigenvalue weighted by molar-refractivity contribution is 6.53. The van der Waals surface area contributed by atoms with Crippen LogP contribution in [0, 0.1) is 0 Å². The van der Waals surface area contributed by atoms with Crippen molar-refractivity contribution in [2.24, 2.45) is 11.5 Å². The number of carbonyl (C=O) groups excluding carboxylic acids is 2. The predicted molar refractivity (Wildman–Crippen MR) is 37.1 cm³/mol. The van der Waals surface area contributed by atoms with Crippen LogP contribution in [0.3, 0.4) is 0 Å². The van der Waals surface area contributed by atoms with Gasteiger partial charge in [0.2, 0.25) is 0 Å². The minimum Gasteiger partial charge on any atom is -0.365 e. The summed E-state index contributed by atoms with van der Waals surface area (Å²) in [5.41, 5.74) is 9.31. The molecule has 0 saturated heterocycles. The lowest BCUT2D eigenvalue weighted by molar-refractivity contribution is -0.116. The van der Waals surface area contributed by atoms with Gasteiger partial charge in [-0.1, -0.05) is 23.2 Å². The maximum atomic E-state index is 10.2. The van der Waals surface area contributed by atoms with E-state index in [0.29, 0.717) is 0 Å². The summed E-state index contributed by atoms with van der Waals surface area (Å²) in [7, 11) is 0. The summed E-state index contributed by atoms with van der Waals surface area (Å²) in [5.74, 6) is -1.96. The molecule has 2 amide bonds. The van der Waals surface area contributed by atoms with E-state index >= 15 is 0 Å². The first kappa shape index (κ1) is 9.26. The molecule has 4 N–H and O–H groups in total. The summed E-state index contributed by atoms with van der Waals surface area (Å²) >= 11 is 10.3. The van der Waals surface area contributed by atoms with Crippen LogP contribution < -0.4 is 11.5 Å². The van der Waals surface area contributed by atoms with E-state index in [-0.39, 0.29) is 0 Å². The van der Waals surface area contributed by atoms with Crippen molar-refractivity contribution in [1.29, 1.82) is 0 Å². The first-order valence-electron chi connectivity index (χ1n) is 2.11. The van der Waals surface area contributed by atoms with Gasteiger partial charge in [0.25, 0.3) is 11.8 Å². The molecule has 0 aliphatic rings. The second kappa shape index (κ2) is 3.43. The van der Waals surface area contributed by atoms with Gasteiger partial charge in [-0.15, -0.1) is 0 Å². The quantitative estimate of drug-likeness (QED) is 0.573. The molecule has 10 heavy (non-hydrogen) atoms. The highest BCUT2D eigenvalue weighted by Gasteiger charge is 2.11. The van der Waals surface area contributed by atoms with Crippen molar-refractivity contribution in [3.05, 3.63) is 10.1 Å². The molecule has 0 aliphatic carbocycles. The molecule has 0 saturated carbocycles. The molecule has 0 aromatic carbocycles. The summed E-state index contributed by atoms with van der Waals surface area (Å²) < 4.78 is 0. The van der Waals surface area contributed by atoms with Crippen molar-refractivity contribution in [3.63, 3.8) is 0 Å². The van der Waals surface area contributed by atoms with Gasteiger partial charge >= 0.3 is 0 Å². The normalized spacial score (nSPS) is 12.2. The third-order valence-corrected chi connectivity index (χ3v) is 1.47. The first-order chi connectivity index (χ1) is 4.46. The van der Waals surface area contributed by atoms with Gasteiger partial charge in [-0.25, -0.2) is 0 Å². The van der Waals surface area contributed by atoms with Crippen molar-refractivity contribution < 1.29 is 9.59 Å². The predicted octanol–water partition coefficient (Wildman–Crippen LogP) is -0.354. The maximum absolute atomic E-state index is 10.2. The molecule has 4 nitrogen and oxygen atoms in total. The Bertz CT molecular complexity index is 189. The molecule has 0 fully saturated rings. The van der Waals surface area contributed by atoms with Gasteiger partial charge in [-0.05, 0) is 0 Å². The number of halogens is 2. The summed E-state index contributed by atoms with van der Waals surface area (Å²) in [4.78, 5) is 20.4. The molecule has 0 heterocycles. The van der Waals surface area contributed by atoms with E-state index in [1.54, 1.807) is 0 Å². The fourth-order valence-corrected chi connectivity index (χ4v) is 0.403. The van der Waals surface area contributed by atoms with E-state index in [1.807, 2.05) is 0 Å². The topological polar surface area (TPSA) is 86.2 Å². The van der Waals surface area contributed by atoms with Crippen LogP contribution in [0.15, 0.2) is 10.1 Å². The third kappa shape index (κ3) is 2.24. The first-order valence-corrected chi connectivity index (χ1v) is 2.87. The Morgan fingerprint density at radius 3 is 1.20 bits per heavy atom. The summed E-state index contributed by atoms with van der Waals surface area (Å²) in [6.45, 7) is 0. The Morgan fingerprint density at radius 2 is 1.10 bits per heavy atom. The Labute approximate surface area is 66.8 Å². The second-order valence-electron chi connectivity index (χ2n) is 1.36. The van der Waals surface area contributed by atoms with Crippen LogP contribution in [-0.4, -0.2) is 11.8 Å². The third-order valence-electron chi connectivity index (χ3n) is 0.625. The van der Waals surface area contributed by atoms with Crippen LogP contribution in [0.4, 0.5) is 0 Å². The summed E-state index contributed by atoms with van der Waals surface area (Å²) in [5, 5.41) is -1.09. The van der Waals surface area contributed by atoms with Gasteiger partial charge in [0.05, 0.1) is 0 Å². The van der Waals surface area contributed by atoms with Crippen molar-refractivity contribution in [2.45, 2.75) is 0 Å². The van der Waals surface area contributed by atoms with Crippen LogP contribution >= 0.6 is 23.2 Å². The zero-order chi connectivity index (χ0) is 8.31. The van der Waals surface area contributed by atoms with Gasteiger partial charge in [0.1, 0.15) is 10.1 Å². The lowest BCUT2D eigenvalue weighted by Crippen LogP contribution is -2.17. The molecule has 0 spiro atoms. The molecule has 0 atom stereocenters. The Kier molecular flexibility index (Phi) is 3.18. The van der Waals surface area contributed by atoms with Gasteiger partial charge < -0.3 is 11.5 Å². The van der Waals surface area contributed by atoms with Crippen LogP contribution in [-0.2, 0) is 9.59 Å². The van der Waals surface area contributed by atoms with Gasteiger partial charge in [-0.2, -0.15) is 0 Å². The maximum Gasteiger partial charge on any atom is 0.261 e. The number of carbonyl (C=O) groups is 2. The minimum atomic E-state index is -0.981. The van der Waals surface area contributed by atoms with Crippen LogP contribution in [0.5, 0.6) is 0 Å². The molecular formula is C4H4Cl2N2O2. The van der Waals surface area contributed by atoms with E-state index < -0.39 is 21.9 Å². The molecule has 0 bridgehead atoms. The molecular weight excluding hydrogens is 179 g/mol. The van der Waals surface area contributed by atoms with Gasteiger partial charge in [0.15, 0.2) is 0 Å². The van der Waals surface area contributed by atoms with Crippen LogP contribution in [0.25, 0.3) is 0 Å². The molecule has 0 rings (SSSR count). The van der Waals surface area contributed by atoms with Crippen molar-refractivity contribution >= 4 is 35.0 Å². The molecule has 0 unspecified atom stereocenters. The summed E-state index contributed by atoms with van der Waals surface area (Å²) in [6.07, 6.45) is 0. The molecule has 0 aliphatic heterocycles. The largest absolute Gasteiger partial charge is 0.365 e.